The van der Waals surface area contributed by atoms with E-state index >= 15 is 0 Å². The first kappa shape index (κ1) is 11.1. The summed E-state index contributed by atoms with van der Waals surface area (Å²) in [6.45, 7) is 2.06. The molecule has 0 aromatic carbocycles. The van der Waals surface area contributed by atoms with Gasteiger partial charge in [0.15, 0.2) is 0 Å². The van der Waals surface area contributed by atoms with E-state index in [2.05, 4.69) is 32.2 Å². The number of anilines is 1. The van der Waals surface area contributed by atoms with Crippen molar-refractivity contribution in [3.8, 4) is 0 Å². The SMILES string of the molecule is CC(Nc1ncnc2c1CCC2)c1cnccn1. The summed E-state index contributed by atoms with van der Waals surface area (Å²) < 4.78 is 0. The average molecular weight is 241 g/mol. The molecule has 0 fully saturated rings. The highest BCUT2D eigenvalue weighted by atomic mass is 15.1. The fourth-order valence-electron chi connectivity index (χ4n) is 2.30. The number of hydrogen-bond donors (Lipinski definition) is 1. The minimum absolute atomic E-state index is 0.0956. The number of nitrogens with zero attached hydrogens (tertiary/aromatic N) is 4. The maximum absolute atomic E-state index is 4.35. The quantitative estimate of drug-likeness (QED) is 0.889. The van der Waals surface area contributed by atoms with E-state index in [1.165, 1.54) is 17.7 Å². The van der Waals surface area contributed by atoms with Crippen molar-refractivity contribution in [2.75, 3.05) is 5.32 Å². The Hall–Kier alpha value is -2.04. The summed E-state index contributed by atoms with van der Waals surface area (Å²) in [5, 5.41) is 3.40. The molecule has 2 aromatic heterocycles. The van der Waals surface area contributed by atoms with Gasteiger partial charge < -0.3 is 5.32 Å². The van der Waals surface area contributed by atoms with Gasteiger partial charge in [0, 0.05) is 23.7 Å². The van der Waals surface area contributed by atoms with Gasteiger partial charge in [-0.3, -0.25) is 9.97 Å². The monoisotopic (exact) mass is 241 g/mol. The van der Waals surface area contributed by atoms with E-state index in [1.54, 1.807) is 24.9 Å². The van der Waals surface area contributed by atoms with Crippen molar-refractivity contribution in [1.29, 1.82) is 0 Å². The lowest BCUT2D eigenvalue weighted by atomic mass is 10.2. The molecule has 2 heterocycles. The molecule has 18 heavy (non-hydrogen) atoms. The Labute approximate surface area is 106 Å². The van der Waals surface area contributed by atoms with E-state index in [0.717, 1.165) is 24.4 Å². The van der Waals surface area contributed by atoms with Crippen molar-refractivity contribution in [3.05, 3.63) is 41.9 Å². The van der Waals surface area contributed by atoms with Crippen molar-refractivity contribution < 1.29 is 0 Å². The van der Waals surface area contributed by atoms with Gasteiger partial charge in [-0.05, 0) is 26.2 Å². The number of aryl methyl sites for hydroxylation is 1. The zero-order valence-corrected chi connectivity index (χ0v) is 10.3. The van der Waals surface area contributed by atoms with Crippen LogP contribution in [0.1, 0.15) is 36.3 Å². The van der Waals surface area contributed by atoms with Gasteiger partial charge in [-0.1, -0.05) is 0 Å². The molecule has 1 atom stereocenters. The van der Waals surface area contributed by atoms with Gasteiger partial charge in [0.25, 0.3) is 0 Å². The molecule has 0 saturated carbocycles. The van der Waals surface area contributed by atoms with Crippen LogP contribution in [0.5, 0.6) is 0 Å². The third kappa shape index (κ3) is 2.03. The van der Waals surface area contributed by atoms with E-state index < -0.39 is 0 Å². The second-order valence-electron chi connectivity index (χ2n) is 4.50. The molecule has 1 N–H and O–H groups in total. The molecule has 5 nitrogen and oxygen atoms in total. The number of aromatic nitrogens is 4. The molecule has 1 aliphatic carbocycles. The summed E-state index contributed by atoms with van der Waals surface area (Å²) in [6.07, 6.45) is 10.1. The first-order chi connectivity index (χ1) is 8.84. The predicted molar refractivity (Wildman–Crippen MR) is 68.1 cm³/mol. The van der Waals surface area contributed by atoms with Gasteiger partial charge in [-0.25, -0.2) is 9.97 Å². The molecule has 1 aliphatic rings. The standard InChI is InChI=1S/C13H15N5/c1-9(12-7-14-5-6-15-12)18-13-10-3-2-4-11(10)16-8-17-13/h5-9H,2-4H2,1H3,(H,16,17,18). The van der Waals surface area contributed by atoms with Crippen LogP contribution < -0.4 is 5.32 Å². The van der Waals surface area contributed by atoms with Crippen LogP contribution in [-0.2, 0) is 12.8 Å². The summed E-state index contributed by atoms with van der Waals surface area (Å²) in [5.41, 5.74) is 3.36. The molecule has 0 radical (unpaired) electrons. The highest BCUT2D eigenvalue weighted by Gasteiger charge is 2.18. The van der Waals surface area contributed by atoms with Gasteiger partial charge in [0.1, 0.15) is 12.1 Å². The summed E-state index contributed by atoms with van der Waals surface area (Å²) in [5.74, 6) is 0.940. The Kier molecular flexibility index (Phi) is 2.88. The minimum Gasteiger partial charge on any atom is -0.362 e. The molecule has 0 aliphatic heterocycles. The number of hydrogen-bond acceptors (Lipinski definition) is 5. The molecule has 3 rings (SSSR count). The van der Waals surface area contributed by atoms with Crippen molar-refractivity contribution in [2.45, 2.75) is 32.2 Å². The van der Waals surface area contributed by atoms with E-state index in [1.807, 2.05) is 0 Å². The molecule has 0 spiro atoms. The normalized spacial score (nSPS) is 15.2. The third-order valence-corrected chi connectivity index (χ3v) is 3.25. The average Bonchev–Trinajstić information content (AvgIpc) is 2.89. The van der Waals surface area contributed by atoms with Crippen LogP contribution in [0.2, 0.25) is 0 Å². The van der Waals surface area contributed by atoms with Gasteiger partial charge in [-0.2, -0.15) is 0 Å². The summed E-state index contributed by atoms with van der Waals surface area (Å²) in [4.78, 5) is 17.1. The van der Waals surface area contributed by atoms with Crippen molar-refractivity contribution >= 4 is 5.82 Å². The van der Waals surface area contributed by atoms with E-state index in [-0.39, 0.29) is 6.04 Å². The van der Waals surface area contributed by atoms with Crippen LogP contribution in [0.25, 0.3) is 0 Å². The molecule has 2 aromatic rings. The van der Waals surface area contributed by atoms with Crippen LogP contribution >= 0.6 is 0 Å². The van der Waals surface area contributed by atoms with E-state index in [9.17, 15) is 0 Å². The fourth-order valence-corrected chi connectivity index (χ4v) is 2.30. The molecular formula is C13H15N5. The Morgan fingerprint density at radius 3 is 2.94 bits per heavy atom. The minimum atomic E-state index is 0.0956. The smallest absolute Gasteiger partial charge is 0.133 e. The van der Waals surface area contributed by atoms with Crippen LogP contribution in [0.3, 0.4) is 0 Å². The lowest BCUT2D eigenvalue weighted by molar-refractivity contribution is 0.814. The van der Waals surface area contributed by atoms with Crippen LogP contribution in [0.4, 0.5) is 5.82 Å². The highest BCUT2D eigenvalue weighted by molar-refractivity contribution is 5.49. The third-order valence-electron chi connectivity index (χ3n) is 3.25. The van der Waals surface area contributed by atoms with Crippen LogP contribution in [-0.4, -0.2) is 19.9 Å². The van der Waals surface area contributed by atoms with Crippen LogP contribution in [0, 0.1) is 0 Å². The number of fused-ring (bicyclic) bond motifs is 1. The van der Waals surface area contributed by atoms with Gasteiger partial charge in [0.05, 0.1) is 17.9 Å². The predicted octanol–water partition coefficient (Wildman–Crippen LogP) is 1.93. The first-order valence-corrected chi connectivity index (χ1v) is 6.20. The molecule has 0 amide bonds. The zero-order valence-electron chi connectivity index (χ0n) is 10.3. The second kappa shape index (κ2) is 4.68. The second-order valence-corrected chi connectivity index (χ2v) is 4.50. The van der Waals surface area contributed by atoms with Crippen LogP contribution in [0.15, 0.2) is 24.9 Å². The van der Waals surface area contributed by atoms with Crippen molar-refractivity contribution in [2.24, 2.45) is 0 Å². The van der Waals surface area contributed by atoms with Crippen molar-refractivity contribution in [1.82, 2.24) is 19.9 Å². The molecule has 92 valence electrons. The topological polar surface area (TPSA) is 63.6 Å². The lowest BCUT2D eigenvalue weighted by Crippen LogP contribution is -2.12. The highest BCUT2D eigenvalue weighted by Crippen LogP contribution is 2.27. The summed E-state index contributed by atoms with van der Waals surface area (Å²) in [6, 6.07) is 0.0956. The Morgan fingerprint density at radius 2 is 2.11 bits per heavy atom. The summed E-state index contributed by atoms with van der Waals surface area (Å²) in [7, 11) is 0. The number of rotatable bonds is 3. The molecule has 1 unspecified atom stereocenters. The van der Waals surface area contributed by atoms with Gasteiger partial charge in [0.2, 0.25) is 0 Å². The maximum atomic E-state index is 4.35. The Morgan fingerprint density at radius 1 is 1.17 bits per heavy atom. The number of nitrogens with one attached hydrogen (secondary N) is 1. The molecule has 5 heteroatoms. The largest absolute Gasteiger partial charge is 0.362 e. The maximum Gasteiger partial charge on any atom is 0.133 e. The fraction of sp³-hybridized carbons (Fsp3) is 0.385. The summed E-state index contributed by atoms with van der Waals surface area (Å²) >= 11 is 0. The van der Waals surface area contributed by atoms with Gasteiger partial charge >= 0.3 is 0 Å². The Bertz CT molecular complexity index is 540. The van der Waals surface area contributed by atoms with Gasteiger partial charge in [-0.15, -0.1) is 0 Å². The molecule has 0 bridgehead atoms. The Balaban J connectivity index is 1.83. The molecular weight excluding hydrogens is 226 g/mol. The first-order valence-electron chi connectivity index (χ1n) is 6.20. The van der Waals surface area contributed by atoms with E-state index in [0.29, 0.717) is 0 Å². The lowest BCUT2D eigenvalue weighted by Gasteiger charge is -2.15. The van der Waals surface area contributed by atoms with E-state index in [4.69, 9.17) is 0 Å². The van der Waals surface area contributed by atoms with Crippen molar-refractivity contribution in [3.63, 3.8) is 0 Å². The zero-order chi connectivity index (χ0) is 12.4. The molecule has 0 saturated heterocycles.